The van der Waals surface area contributed by atoms with Crippen LogP contribution in [-0.2, 0) is 0 Å². The molecular weight excluding hydrogens is 331 g/mol. The Labute approximate surface area is 155 Å². The van der Waals surface area contributed by atoms with E-state index in [9.17, 15) is 9.18 Å². The second-order valence-corrected chi connectivity index (χ2v) is 8.19. The van der Waals surface area contributed by atoms with Crippen molar-refractivity contribution in [2.45, 2.75) is 24.9 Å². The van der Waals surface area contributed by atoms with Gasteiger partial charge in [-0.1, -0.05) is 12.1 Å². The highest BCUT2D eigenvalue weighted by Crippen LogP contribution is 2.46. The molecule has 2 amide bonds. The molecule has 26 heavy (non-hydrogen) atoms. The van der Waals surface area contributed by atoms with E-state index in [2.05, 4.69) is 10.2 Å². The van der Waals surface area contributed by atoms with Crippen molar-refractivity contribution in [2.75, 3.05) is 46.8 Å². The van der Waals surface area contributed by atoms with E-state index < -0.39 is 0 Å². The SMILES string of the molecule is CN(C)C(=O)N1C[C@H]2CN(C3CCNCC3)C[C@H]2[C@H]1c1cccc(F)c1. The number of nitrogens with zero attached hydrogens (tertiary/aromatic N) is 3. The highest BCUT2D eigenvalue weighted by Gasteiger charge is 2.50. The Hall–Kier alpha value is -1.66. The van der Waals surface area contributed by atoms with Crippen molar-refractivity contribution in [3.05, 3.63) is 35.6 Å². The normalized spacial score (nSPS) is 29.8. The van der Waals surface area contributed by atoms with Crippen molar-refractivity contribution in [3.63, 3.8) is 0 Å². The average molecular weight is 360 g/mol. The highest BCUT2D eigenvalue weighted by molar-refractivity contribution is 5.75. The number of urea groups is 1. The van der Waals surface area contributed by atoms with Gasteiger partial charge in [-0.2, -0.15) is 0 Å². The summed E-state index contributed by atoms with van der Waals surface area (Å²) in [6.07, 6.45) is 2.40. The number of rotatable bonds is 2. The van der Waals surface area contributed by atoms with E-state index in [1.54, 1.807) is 31.1 Å². The lowest BCUT2D eigenvalue weighted by Crippen LogP contribution is -2.45. The minimum Gasteiger partial charge on any atom is -0.331 e. The van der Waals surface area contributed by atoms with Crippen LogP contribution in [0.5, 0.6) is 0 Å². The van der Waals surface area contributed by atoms with E-state index >= 15 is 0 Å². The van der Waals surface area contributed by atoms with Gasteiger partial charge in [0.05, 0.1) is 6.04 Å². The number of fused-ring (bicyclic) bond motifs is 1. The summed E-state index contributed by atoms with van der Waals surface area (Å²) in [7, 11) is 3.58. The molecule has 142 valence electrons. The van der Waals surface area contributed by atoms with E-state index in [0.29, 0.717) is 17.9 Å². The Kier molecular flexibility index (Phi) is 4.88. The third-order valence-corrected chi connectivity index (χ3v) is 6.34. The van der Waals surface area contributed by atoms with Gasteiger partial charge in [-0.05, 0) is 49.5 Å². The molecule has 3 fully saturated rings. The molecule has 0 aromatic heterocycles. The summed E-state index contributed by atoms with van der Waals surface area (Å²) < 4.78 is 13.9. The van der Waals surface area contributed by atoms with Crippen LogP contribution in [0.1, 0.15) is 24.4 Å². The molecular formula is C20H29FN4O. The maximum atomic E-state index is 13.9. The fraction of sp³-hybridized carbons (Fsp3) is 0.650. The molecule has 6 heteroatoms. The maximum Gasteiger partial charge on any atom is 0.320 e. The van der Waals surface area contributed by atoms with Crippen LogP contribution in [0.25, 0.3) is 0 Å². The Morgan fingerprint density at radius 2 is 1.96 bits per heavy atom. The van der Waals surface area contributed by atoms with Gasteiger partial charge < -0.3 is 15.1 Å². The molecule has 0 unspecified atom stereocenters. The molecule has 0 radical (unpaired) electrons. The van der Waals surface area contributed by atoms with Crippen molar-refractivity contribution >= 4 is 6.03 Å². The molecule has 0 aliphatic carbocycles. The first-order valence-electron chi connectivity index (χ1n) is 9.72. The summed E-state index contributed by atoms with van der Waals surface area (Å²) in [6, 6.07) is 7.46. The Bertz CT molecular complexity index is 661. The number of carbonyl (C=O) groups excluding carboxylic acids is 1. The lowest BCUT2D eigenvalue weighted by atomic mass is 9.89. The number of benzene rings is 1. The van der Waals surface area contributed by atoms with E-state index in [-0.39, 0.29) is 17.9 Å². The lowest BCUT2D eigenvalue weighted by molar-refractivity contribution is 0.138. The van der Waals surface area contributed by atoms with Crippen LogP contribution in [-0.4, -0.2) is 73.6 Å². The van der Waals surface area contributed by atoms with E-state index in [1.807, 2.05) is 11.0 Å². The minimum atomic E-state index is -0.226. The number of piperidine rings is 1. The van der Waals surface area contributed by atoms with Crippen LogP contribution in [0.2, 0.25) is 0 Å². The van der Waals surface area contributed by atoms with Crippen molar-refractivity contribution in [1.82, 2.24) is 20.0 Å². The fourth-order valence-electron chi connectivity index (χ4n) is 5.12. The van der Waals surface area contributed by atoms with Gasteiger partial charge >= 0.3 is 6.03 Å². The first-order chi connectivity index (χ1) is 12.5. The zero-order chi connectivity index (χ0) is 18.3. The van der Waals surface area contributed by atoms with Crippen molar-refractivity contribution in [1.29, 1.82) is 0 Å². The van der Waals surface area contributed by atoms with Gasteiger partial charge in [-0.3, -0.25) is 4.90 Å². The monoisotopic (exact) mass is 360 g/mol. The van der Waals surface area contributed by atoms with Crippen LogP contribution in [0.3, 0.4) is 0 Å². The first-order valence-corrected chi connectivity index (χ1v) is 9.72. The van der Waals surface area contributed by atoms with Crippen molar-refractivity contribution in [3.8, 4) is 0 Å². The number of likely N-dealkylation sites (tertiary alicyclic amines) is 2. The van der Waals surface area contributed by atoms with Crippen molar-refractivity contribution in [2.24, 2.45) is 11.8 Å². The van der Waals surface area contributed by atoms with Gasteiger partial charge in [0.1, 0.15) is 5.82 Å². The molecule has 3 saturated heterocycles. The van der Waals surface area contributed by atoms with Crippen LogP contribution < -0.4 is 5.32 Å². The number of halogens is 1. The third-order valence-electron chi connectivity index (χ3n) is 6.34. The second-order valence-electron chi connectivity index (χ2n) is 8.19. The predicted octanol–water partition coefficient (Wildman–Crippen LogP) is 2.16. The molecule has 4 rings (SSSR count). The van der Waals surface area contributed by atoms with Gasteiger partial charge in [0.15, 0.2) is 0 Å². The average Bonchev–Trinajstić information content (AvgIpc) is 3.19. The molecule has 0 spiro atoms. The Morgan fingerprint density at radius 3 is 2.65 bits per heavy atom. The summed E-state index contributed by atoms with van der Waals surface area (Å²) in [5.41, 5.74) is 0.930. The summed E-state index contributed by atoms with van der Waals surface area (Å²) in [6.45, 7) is 5.01. The molecule has 1 aromatic rings. The number of nitrogens with one attached hydrogen (secondary N) is 1. The number of amides is 2. The summed E-state index contributed by atoms with van der Waals surface area (Å²) in [5, 5.41) is 3.44. The Morgan fingerprint density at radius 1 is 1.19 bits per heavy atom. The number of carbonyl (C=O) groups is 1. The first kappa shape index (κ1) is 17.7. The summed E-state index contributed by atoms with van der Waals surface area (Å²) in [5.74, 6) is 0.633. The molecule has 0 bridgehead atoms. The van der Waals surface area contributed by atoms with E-state index in [1.165, 1.54) is 18.9 Å². The molecule has 5 nitrogen and oxygen atoms in total. The van der Waals surface area contributed by atoms with Gasteiger partial charge in [0, 0.05) is 45.7 Å². The highest BCUT2D eigenvalue weighted by atomic mass is 19.1. The molecule has 0 saturated carbocycles. The van der Waals surface area contributed by atoms with E-state index in [0.717, 1.165) is 38.3 Å². The van der Waals surface area contributed by atoms with Gasteiger partial charge in [0.2, 0.25) is 0 Å². The zero-order valence-electron chi connectivity index (χ0n) is 15.7. The lowest BCUT2D eigenvalue weighted by Gasteiger charge is -2.35. The quantitative estimate of drug-likeness (QED) is 0.879. The predicted molar refractivity (Wildman–Crippen MR) is 99.4 cm³/mol. The maximum absolute atomic E-state index is 13.9. The van der Waals surface area contributed by atoms with Crippen LogP contribution >= 0.6 is 0 Å². The largest absolute Gasteiger partial charge is 0.331 e. The van der Waals surface area contributed by atoms with Crippen LogP contribution in [0.15, 0.2) is 24.3 Å². The molecule has 3 aliphatic rings. The van der Waals surface area contributed by atoms with Gasteiger partial charge in [0.25, 0.3) is 0 Å². The van der Waals surface area contributed by atoms with Crippen LogP contribution in [0.4, 0.5) is 9.18 Å². The topological polar surface area (TPSA) is 38.8 Å². The summed E-state index contributed by atoms with van der Waals surface area (Å²) in [4.78, 5) is 19.0. The zero-order valence-corrected chi connectivity index (χ0v) is 15.7. The minimum absolute atomic E-state index is 0.0297. The molecule has 3 atom stereocenters. The number of hydrogen-bond acceptors (Lipinski definition) is 3. The van der Waals surface area contributed by atoms with Gasteiger partial charge in [-0.15, -0.1) is 0 Å². The van der Waals surface area contributed by atoms with Crippen LogP contribution in [0, 0.1) is 17.7 Å². The molecule has 1 aromatic carbocycles. The number of hydrogen-bond donors (Lipinski definition) is 1. The Balaban J connectivity index is 1.59. The smallest absolute Gasteiger partial charge is 0.320 e. The summed E-state index contributed by atoms with van der Waals surface area (Å²) >= 11 is 0. The molecule has 3 heterocycles. The van der Waals surface area contributed by atoms with Crippen molar-refractivity contribution < 1.29 is 9.18 Å². The molecule has 3 aliphatic heterocycles. The fourth-order valence-corrected chi connectivity index (χ4v) is 5.12. The second kappa shape index (κ2) is 7.16. The standard InChI is InChI=1S/C20H29FN4O/c1-23(2)20(26)25-12-15-11-24(17-6-8-22-9-7-17)13-18(15)19(25)14-4-3-5-16(21)10-14/h3-5,10,15,17-19,22H,6-9,11-13H2,1-2H3/t15-,18-,19-/m1/s1. The molecule has 1 N–H and O–H groups in total. The van der Waals surface area contributed by atoms with Gasteiger partial charge in [-0.25, -0.2) is 9.18 Å². The van der Waals surface area contributed by atoms with E-state index in [4.69, 9.17) is 0 Å². The third kappa shape index (κ3) is 3.21.